The molecule has 6 heteroatoms. The average Bonchev–Trinajstić information content (AvgIpc) is 3.21. The van der Waals surface area contributed by atoms with Gasteiger partial charge in [-0.25, -0.2) is 0 Å². The zero-order valence-corrected chi connectivity index (χ0v) is 16.2. The third-order valence-electron chi connectivity index (χ3n) is 6.68. The first-order valence-corrected chi connectivity index (χ1v) is 10.2. The molecule has 1 atom stereocenters. The number of hydrogen-bond donors (Lipinski definition) is 2. The Balaban J connectivity index is 1.50. The fourth-order valence-electron chi connectivity index (χ4n) is 4.90. The van der Waals surface area contributed by atoms with Crippen LogP contribution in [0.4, 0.5) is 0 Å². The number of piperidine rings is 1. The molecule has 1 aromatic rings. The zero-order valence-electron chi connectivity index (χ0n) is 16.2. The van der Waals surface area contributed by atoms with Crippen molar-refractivity contribution in [1.29, 1.82) is 0 Å². The summed E-state index contributed by atoms with van der Waals surface area (Å²) in [6, 6.07) is 8.05. The second kappa shape index (κ2) is 7.60. The Labute approximate surface area is 161 Å². The van der Waals surface area contributed by atoms with Crippen LogP contribution in [-0.4, -0.2) is 73.5 Å². The number of carbonyl (C=O) groups excluding carboxylic acids is 2. The number of rotatable bonds is 2. The molecule has 4 rings (SSSR count). The largest absolute Gasteiger partial charge is 0.354 e. The summed E-state index contributed by atoms with van der Waals surface area (Å²) in [4.78, 5) is 30.1. The maximum atomic E-state index is 13.3. The monoisotopic (exact) mass is 370 g/mol. The molecule has 146 valence electrons. The molecule has 0 aromatic heterocycles. The van der Waals surface area contributed by atoms with Crippen LogP contribution in [-0.2, 0) is 4.79 Å². The number of benzene rings is 1. The van der Waals surface area contributed by atoms with Gasteiger partial charge in [0.25, 0.3) is 5.91 Å². The number of amides is 2. The molecule has 2 N–H and O–H groups in total. The van der Waals surface area contributed by atoms with Crippen LogP contribution in [0.15, 0.2) is 24.3 Å². The lowest BCUT2D eigenvalue weighted by atomic mass is 9.84. The van der Waals surface area contributed by atoms with E-state index in [2.05, 4.69) is 21.6 Å². The van der Waals surface area contributed by atoms with E-state index in [9.17, 15) is 9.59 Å². The van der Waals surface area contributed by atoms with Gasteiger partial charge in [0, 0.05) is 38.3 Å². The Morgan fingerprint density at radius 1 is 1.15 bits per heavy atom. The molecule has 1 aromatic carbocycles. The minimum atomic E-state index is -0.456. The Kier molecular flexibility index (Phi) is 5.19. The van der Waals surface area contributed by atoms with Crippen molar-refractivity contribution >= 4 is 11.8 Å². The lowest BCUT2D eigenvalue weighted by molar-refractivity contribution is -0.134. The van der Waals surface area contributed by atoms with Crippen LogP contribution in [0.2, 0.25) is 0 Å². The average molecular weight is 370 g/mol. The molecule has 3 aliphatic rings. The molecule has 1 spiro atoms. The van der Waals surface area contributed by atoms with E-state index < -0.39 is 5.54 Å². The van der Waals surface area contributed by atoms with Crippen molar-refractivity contribution in [3.63, 3.8) is 0 Å². The van der Waals surface area contributed by atoms with E-state index in [1.165, 1.54) is 0 Å². The summed E-state index contributed by atoms with van der Waals surface area (Å²) in [5.74, 6) is 0.663. The fraction of sp³-hybridized carbons (Fsp3) is 0.619. The van der Waals surface area contributed by atoms with Gasteiger partial charge in [0.05, 0.1) is 0 Å². The lowest BCUT2D eigenvalue weighted by Gasteiger charge is -2.45. The van der Waals surface area contributed by atoms with E-state index in [1.54, 1.807) is 0 Å². The number of carbonyl (C=O) groups is 2. The van der Waals surface area contributed by atoms with E-state index in [-0.39, 0.29) is 11.8 Å². The van der Waals surface area contributed by atoms with Gasteiger partial charge in [-0.15, -0.1) is 0 Å². The Morgan fingerprint density at radius 2 is 1.93 bits per heavy atom. The first-order valence-electron chi connectivity index (χ1n) is 10.2. The van der Waals surface area contributed by atoms with Gasteiger partial charge in [0.1, 0.15) is 5.54 Å². The molecule has 3 aliphatic heterocycles. The molecule has 2 amide bonds. The van der Waals surface area contributed by atoms with Crippen molar-refractivity contribution in [2.45, 2.75) is 37.1 Å². The van der Waals surface area contributed by atoms with Crippen molar-refractivity contribution in [3.05, 3.63) is 35.4 Å². The molecule has 3 saturated heterocycles. The highest BCUT2D eigenvalue weighted by Gasteiger charge is 2.46. The van der Waals surface area contributed by atoms with Crippen molar-refractivity contribution in [2.75, 3.05) is 46.3 Å². The Morgan fingerprint density at radius 3 is 2.67 bits per heavy atom. The zero-order chi connectivity index (χ0) is 18.9. The normalized spacial score (nSPS) is 26.0. The van der Waals surface area contributed by atoms with E-state index in [0.717, 1.165) is 50.1 Å². The summed E-state index contributed by atoms with van der Waals surface area (Å²) in [6.45, 7) is 4.89. The SMILES string of the molecule is CN1CCCNC(=O)C12CCN(C(=O)c1ccccc1C1CCNC1)CC2. The van der Waals surface area contributed by atoms with E-state index in [4.69, 9.17) is 0 Å². The molecule has 27 heavy (non-hydrogen) atoms. The maximum absolute atomic E-state index is 13.3. The number of likely N-dealkylation sites (tertiary alicyclic amines) is 1. The van der Waals surface area contributed by atoms with Crippen LogP contribution in [0.25, 0.3) is 0 Å². The third-order valence-corrected chi connectivity index (χ3v) is 6.68. The van der Waals surface area contributed by atoms with Gasteiger partial charge in [-0.2, -0.15) is 0 Å². The minimum Gasteiger partial charge on any atom is -0.354 e. The first kappa shape index (κ1) is 18.4. The van der Waals surface area contributed by atoms with E-state index in [1.807, 2.05) is 30.1 Å². The second-order valence-corrected chi connectivity index (χ2v) is 8.13. The molecule has 0 saturated carbocycles. The van der Waals surface area contributed by atoms with Crippen molar-refractivity contribution in [2.24, 2.45) is 0 Å². The molecule has 1 unspecified atom stereocenters. The number of likely N-dealkylation sites (N-methyl/N-ethyl adjacent to an activating group) is 1. The summed E-state index contributed by atoms with van der Waals surface area (Å²) in [5, 5.41) is 6.46. The molecule has 0 aliphatic carbocycles. The van der Waals surface area contributed by atoms with Crippen LogP contribution >= 0.6 is 0 Å². The first-order chi connectivity index (χ1) is 13.1. The molecular weight excluding hydrogens is 340 g/mol. The van der Waals surface area contributed by atoms with Crippen LogP contribution in [0, 0.1) is 0 Å². The van der Waals surface area contributed by atoms with Gasteiger partial charge < -0.3 is 15.5 Å². The third kappa shape index (κ3) is 3.36. The summed E-state index contributed by atoms with van der Waals surface area (Å²) >= 11 is 0. The fourth-order valence-corrected chi connectivity index (χ4v) is 4.90. The minimum absolute atomic E-state index is 0.115. The van der Waals surface area contributed by atoms with Gasteiger partial charge in [-0.1, -0.05) is 18.2 Å². The molecule has 0 radical (unpaired) electrons. The van der Waals surface area contributed by atoms with Crippen LogP contribution in [0.5, 0.6) is 0 Å². The van der Waals surface area contributed by atoms with Gasteiger partial charge >= 0.3 is 0 Å². The highest BCUT2D eigenvalue weighted by Crippen LogP contribution is 2.32. The molecule has 0 bridgehead atoms. The molecule has 3 heterocycles. The Hall–Kier alpha value is -1.92. The van der Waals surface area contributed by atoms with Gasteiger partial charge in [-0.05, 0) is 56.8 Å². The van der Waals surface area contributed by atoms with E-state index >= 15 is 0 Å². The van der Waals surface area contributed by atoms with Gasteiger partial charge in [-0.3, -0.25) is 14.5 Å². The van der Waals surface area contributed by atoms with Crippen molar-refractivity contribution in [1.82, 2.24) is 20.4 Å². The maximum Gasteiger partial charge on any atom is 0.254 e. The van der Waals surface area contributed by atoms with Crippen molar-refractivity contribution < 1.29 is 9.59 Å². The Bertz CT molecular complexity index is 706. The highest BCUT2D eigenvalue weighted by molar-refractivity contribution is 5.96. The lowest BCUT2D eigenvalue weighted by Crippen LogP contribution is -2.61. The van der Waals surface area contributed by atoms with Gasteiger partial charge in [0.15, 0.2) is 0 Å². The smallest absolute Gasteiger partial charge is 0.254 e. The van der Waals surface area contributed by atoms with E-state index in [0.29, 0.717) is 31.8 Å². The number of hydrogen-bond acceptors (Lipinski definition) is 4. The highest BCUT2D eigenvalue weighted by atomic mass is 16.2. The van der Waals surface area contributed by atoms with Crippen LogP contribution in [0.1, 0.15) is 47.5 Å². The van der Waals surface area contributed by atoms with Crippen molar-refractivity contribution in [3.8, 4) is 0 Å². The van der Waals surface area contributed by atoms with Crippen LogP contribution in [0.3, 0.4) is 0 Å². The second-order valence-electron chi connectivity index (χ2n) is 8.13. The number of nitrogens with one attached hydrogen (secondary N) is 2. The summed E-state index contributed by atoms with van der Waals surface area (Å²) in [7, 11) is 2.05. The predicted octanol–water partition coefficient (Wildman–Crippen LogP) is 1.19. The summed E-state index contributed by atoms with van der Waals surface area (Å²) in [6.07, 6.45) is 3.47. The topological polar surface area (TPSA) is 64.7 Å². The summed E-state index contributed by atoms with van der Waals surface area (Å²) < 4.78 is 0. The standard InChI is InChI=1S/C21H30N4O2/c1-24-12-4-10-23-20(27)21(24)8-13-25(14-9-21)19(26)18-6-3-2-5-17(18)16-7-11-22-15-16/h2-3,5-6,16,22H,4,7-15H2,1H3,(H,23,27). The predicted molar refractivity (Wildman–Crippen MR) is 105 cm³/mol. The quantitative estimate of drug-likeness (QED) is 0.821. The number of nitrogens with zero attached hydrogens (tertiary/aromatic N) is 2. The van der Waals surface area contributed by atoms with Crippen LogP contribution < -0.4 is 10.6 Å². The molecular formula is C21H30N4O2. The molecule has 6 nitrogen and oxygen atoms in total. The summed E-state index contributed by atoms with van der Waals surface area (Å²) in [5.41, 5.74) is 1.54. The molecule has 3 fully saturated rings. The van der Waals surface area contributed by atoms with Gasteiger partial charge in [0.2, 0.25) is 5.91 Å².